The monoisotopic (exact) mass is 270 g/mol. The Kier molecular flexibility index (Phi) is 2.06. The summed E-state index contributed by atoms with van der Waals surface area (Å²) in [5.41, 5.74) is 2.52. The van der Waals surface area contributed by atoms with E-state index in [4.69, 9.17) is 0 Å². The molecule has 1 atom stereocenters. The van der Waals surface area contributed by atoms with Gasteiger partial charge in [0.05, 0.1) is 6.10 Å². The van der Waals surface area contributed by atoms with E-state index in [1.807, 2.05) is 6.08 Å². The second kappa shape index (κ2) is 3.84. The molecule has 0 aliphatic heterocycles. The number of rotatable bonds is 0. The highest BCUT2D eigenvalue weighted by Crippen LogP contribution is 2.38. The first-order valence-corrected chi connectivity index (χ1v) is 7.37. The lowest BCUT2D eigenvalue weighted by Gasteiger charge is -2.20. The van der Waals surface area contributed by atoms with Gasteiger partial charge in [0.1, 0.15) is 0 Å². The van der Waals surface area contributed by atoms with E-state index in [2.05, 4.69) is 54.6 Å². The summed E-state index contributed by atoms with van der Waals surface area (Å²) in [6.07, 6.45) is 4.34. The smallest absolute Gasteiger partial charge is 0.0764 e. The zero-order valence-electron chi connectivity index (χ0n) is 11.5. The molecule has 100 valence electrons. The first-order valence-electron chi connectivity index (χ1n) is 7.37. The molecule has 1 aliphatic rings. The molecule has 5 rings (SSSR count). The fourth-order valence-corrected chi connectivity index (χ4v) is 3.76. The standard InChI is InChI=1S/C20H14O/c21-16-7-9-17-15(11-16)10-14-5-4-12-2-1-3-13-6-8-18(17)20(14)19(12)13/h1-10,16,21H,11H2/t16-/m0/s1. The van der Waals surface area contributed by atoms with Gasteiger partial charge in [-0.25, -0.2) is 0 Å². The van der Waals surface area contributed by atoms with Crippen LogP contribution in [0.2, 0.25) is 0 Å². The van der Waals surface area contributed by atoms with Gasteiger partial charge in [-0.05, 0) is 43.4 Å². The molecule has 0 fully saturated rings. The molecule has 0 heterocycles. The lowest BCUT2D eigenvalue weighted by atomic mass is 9.86. The van der Waals surface area contributed by atoms with Gasteiger partial charge in [-0.15, -0.1) is 0 Å². The average molecular weight is 270 g/mol. The molecule has 21 heavy (non-hydrogen) atoms. The fourth-order valence-electron chi connectivity index (χ4n) is 3.76. The average Bonchev–Trinajstić information content (AvgIpc) is 2.51. The van der Waals surface area contributed by atoms with Crippen LogP contribution >= 0.6 is 0 Å². The molecular weight excluding hydrogens is 256 g/mol. The van der Waals surface area contributed by atoms with Crippen LogP contribution in [0.25, 0.3) is 38.4 Å². The van der Waals surface area contributed by atoms with Crippen LogP contribution in [0.5, 0.6) is 0 Å². The Morgan fingerprint density at radius 2 is 1.62 bits per heavy atom. The maximum atomic E-state index is 9.87. The highest BCUT2D eigenvalue weighted by atomic mass is 16.3. The van der Waals surface area contributed by atoms with Crippen molar-refractivity contribution < 1.29 is 5.11 Å². The van der Waals surface area contributed by atoms with Crippen LogP contribution < -0.4 is 0 Å². The summed E-state index contributed by atoms with van der Waals surface area (Å²) >= 11 is 0. The molecule has 1 aliphatic carbocycles. The fraction of sp³-hybridized carbons (Fsp3) is 0.100. The van der Waals surface area contributed by atoms with Gasteiger partial charge in [-0.2, -0.15) is 0 Å². The normalized spacial score (nSPS) is 17.9. The van der Waals surface area contributed by atoms with Crippen LogP contribution in [-0.2, 0) is 6.42 Å². The van der Waals surface area contributed by atoms with Crippen LogP contribution in [0, 0.1) is 0 Å². The molecule has 0 radical (unpaired) electrons. The molecule has 4 aromatic carbocycles. The third-order valence-corrected chi connectivity index (χ3v) is 4.69. The molecule has 0 amide bonds. The van der Waals surface area contributed by atoms with Crippen molar-refractivity contribution in [1.29, 1.82) is 0 Å². The van der Waals surface area contributed by atoms with Gasteiger partial charge in [0.15, 0.2) is 0 Å². The van der Waals surface area contributed by atoms with E-state index in [1.165, 1.54) is 43.4 Å². The minimum absolute atomic E-state index is 0.356. The van der Waals surface area contributed by atoms with Crippen molar-refractivity contribution >= 4 is 38.4 Å². The van der Waals surface area contributed by atoms with E-state index in [1.54, 1.807) is 0 Å². The molecule has 1 N–H and O–H groups in total. The van der Waals surface area contributed by atoms with Gasteiger partial charge in [-0.3, -0.25) is 0 Å². The third-order valence-electron chi connectivity index (χ3n) is 4.69. The molecule has 1 heteroatoms. The highest BCUT2D eigenvalue weighted by molar-refractivity contribution is 6.24. The van der Waals surface area contributed by atoms with Crippen LogP contribution in [0.4, 0.5) is 0 Å². The van der Waals surface area contributed by atoms with Crippen LogP contribution in [-0.4, -0.2) is 11.2 Å². The second-order valence-electron chi connectivity index (χ2n) is 5.94. The van der Waals surface area contributed by atoms with Crippen molar-refractivity contribution in [3.63, 3.8) is 0 Å². The Morgan fingerprint density at radius 3 is 2.48 bits per heavy atom. The van der Waals surface area contributed by atoms with Crippen molar-refractivity contribution in [2.24, 2.45) is 0 Å². The molecule has 1 nitrogen and oxygen atoms in total. The minimum Gasteiger partial charge on any atom is -0.389 e. The molecule has 0 saturated carbocycles. The predicted molar refractivity (Wildman–Crippen MR) is 88.9 cm³/mol. The van der Waals surface area contributed by atoms with Crippen LogP contribution in [0.15, 0.2) is 54.6 Å². The van der Waals surface area contributed by atoms with Gasteiger partial charge in [0, 0.05) is 6.42 Å². The van der Waals surface area contributed by atoms with E-state index in [0.29, 0.717) is 6.42 Å². The van der Waals surface area contributed by atoms with Gasteiger partial charge in [-0.1, -0.05) is 60.7 Å². The summed E-state index contributed by atoms with van der Waals surface area (Å²) in [6, 6.07) is 17.6. The lowest BCUT2D eigenvalue weighted by molar-refractivity contribution is 0.223. The summed E-state index contributed by atoms with van der Waals surface area (Å²) in [5, 5.41) is 17.7. The molecule has 0 spiro atoms. The zero-order chi connectivity index (χ0) is 14.0. The SMILES string of the molecule is O[C@H]1C=Cc2c(cc3ccc4cccc5ccc2c3c45)C1. The van der Waals surface area contributed by atoms with Gasteiger partial charge < -0.3 is 5.11 Å². The Morgan fingerprint density at radius 1 is 0.857 bits per heavy atom. The molecule has 0 unspecified atom stereocenters. The van der Waals surface area contributed by atoms with E-state index < -0.39 is 0 Å². The Hall–Kier alpha value is -2.38. The van der Waals surface area contributed by atoms with Crippen molar-refractivity contribution in [2.45, 2.75) is 12.5 Å². The van der Waals surface area contributed by atoms with Gasteiger partial charge in [0.25, 0.3) is 0 Å². The van der Waals surface area contributed by atoms with Crippen molar-refractivity contribution in [3.05, 3.63) is 65.7 Å². The Balaban J connectivity index is 2.06. The summed E-state index contributed by atoms with van der Waals surface area (Å²) in [4.78, 5) is 0. The van der Waals surface area contributed by atoms with Gasteiger partial charge in [0.2, 0.25) is 0 Å². The van der Waals surface area contributed by atoms with Crippen molar-refractivity contribution in [3.8, 4) is 0 Å². The van der Waals surface area contributed by atoms with E-state index in [-0.39, 0.29) is 6.10 Å². The molecular formula is C20H14O. The summed E-state index contributed by atoms with van der Waals surface area (Å²) in [7, 11) is 0. The molecule has 0 bridgehead atoms. The largest absolute Gasteiger partial charge is 0.389 e. The molecule has 0 aromatic heterocycles. The number of benzene rings is 4. The highest BCUT2D eigenvalue weighted by Gasteiger charge is 2.17. The van der Waals surface area contributed by atoms with E-state index in [0.717, 1.165) is 0 Å². The molecule has 4 aromatic rings. The van der Waals surface area contributed by atoms with Crippen molar-refractivity contribution in [2.75, 3.05) is 0 Å². The Labute approximate surface area is 122 Å². The first kappa shape index (κ1) is 11.3. The maximum absolute atomic E-state index is 9.87. The summed E-state index contributed by atoms with van der Waals surface area (Å²) in [5.74, 6) is 0. The molecule has 0 saturated heterocycles. The second-order valence-corrected chi connectivity index (χ2v) is 5.94. The predicted octanol–water partition coefficient (Wildman–Crippen LogP) is 4.51. The number of aliphatic hydroxyl groups excluding tert-OH is 1. The number of fused-ring (bicyclic) bond motifs is 2. The lowest BCUT2D eigenvalue weighted by Crippen LogP contribution is -2.11. The third kappa shape index (κ3) is 1.44. The zero-order valence-corrected chi connectivity index (χ0v) is 11.5. The van der Waals surface area contributed by atoms with E-state index >= 15 is 0 Å². The summed E-state index contributed by atoms with van der Waals surface area (Å²) < 4.78 is 0. The summed E-state index contributed by atoms with van der Waals surface area (Å²) in [6.45, 7) is 0. The minimum atomic E-state index is -0.356. The van der Waals surface area contributed by atoms with Gasteiger partial charge >= 0.3 is 0 Å². The number of aliphatic hydroxyl groups is 1. The maximum Gasteiger partial charge on any atom is 0.0764 e. The van der Waals surface area contributed by atoms with E-state index in [9.17, 15) is 5.11 Å². The Bertz CT molecular complexity index is 1010. The van der Waals surface area contributed by atoms with Crippen LogP contribution in [0.1, 0.15) is 11.1 Å². The number of hydrogen-bond acceptors (Lipinski definition) is 1. The van der Waals surface area contributed by atoms with Crippen LogP contribution in [0.3, 0.4) is 0 Å². The quantitative estimate of drug-likeness (QED) is 0.466. The topological polar surface area (TPSA) is 20.2 Å². The first-order chi connectivity index (χ1) is 10.3. The number of hydrogen-bond donors (Lipinski definition) is 1. The van der Waals surface area contributed by atoms with Crippen molar-refractivity contribution in [1.82, 2.24) is 0 Å².